The molecule has 0 bridgehead atoms. The predicted molar refractivity (Wildman–Crippen MR) is 117 cm³/mol. The van der Waals surface area contributed by atoms with E-state index >= 15 is 0 Å². The summed E-state index contributed by atoms with van der Waals surface area (Å²) in [5.74, 6) is 0.521. The van der Waals surface area contributed by atoms with Gasteiger partial charge in [-0.05, 0) is 42.3 Å². The van der Waals surface area contributed by atoms with Gasteiger partial charge in [-0.15, -0.1) is 0 Å². The number of anilines is 1. The topological polar surface area (TPSA) is 92.3 Å². The molecule has 0 heterocycles. The molecular formula is C22H24ClNO7. The van der Waals surface area contributed by atoms with Gasteiger partial charge in [0.25, 0.3) is 5.91 Å². The van der Waals surface area contributed by atoms with E-state index in [1.54, 1.807) is 31.2 Å². The molecule has 0 saturated heterocycles. The fraction of sp³-hybridized carbons (Fsp3) is 0.273. The van der Waals surface area contributed by atoms with Crippen molar-refractivity contribution < 1.29 is 33.3 Å². The number of aryl methyl sites for hydroxylation is 1. The summed E-state index contributed by atoms with van der Waals surface area (Å²) in [5, 5.41) is 3.14. The summed E-state index contributed by atoms with van der Waals surface area (Å²) in [7, 11) is 5.95. The van der Waals surface area contributed by atoms with Crippen LogP contribution in [0.2, 0.25) is 5.02 Å². The first kappa shape index (κ1) is 23.9. The van der Waals surface area contributed by atoms with Crippen molar-refractivity contribution >= 4 is 35.2 Å². The Balaban J connectivity index is 2.00. The Hall–Kier alpha value is -3.39. The molecule has 2 aromatic carbocycles. The van der Waals surface area contributed by atoms with E-state index < -0.39 is 18.5 Å². The Kier molecular flexibility index (Phi) is 8.57. The number of esters is 1. The van der Waals surface area contributed by atoms with Crippen molar-refractivity contribution in [2.75, 3.05) is 40.4 Å². The molecular weight excluding hydrogens is 426 g/mol. The lowest BCUT2D eigenvalue weighted by molar-refractivity contribution is -0.142. The molecule has 0 aliphatic heterocycles. The van der Waals surface area contributed by atoms with Crippen LogP contribution >= 0.6 is 11.6 Å². The Bertz CT molecular complexity index is 963. The van der Waals surface area contributed by atoms with Gasteiger partial charge in [0.15, 0.2) is 18.1 Å². The van der Waals surface area contributed by atoms with Crippen LogP contribution in [0.4, 0.5) is 5.69 Å². The fourth-order valence-electron chi connectivity index (χ4n) is 2.66. The van der Waals surface area contributed by atoms with Gasteiger partial charge in [0.1, 0.15) is 5.75 Å². The maximum atomic E-state index is 12.1. The molecule has 9 heteroatoms. The molecule has 0 fully saturated rings. The van der Waals surface area contributed by atoms with E-state index in [0.29, 0.717) is 39.3 Å². The van der Waals surface area contributed by atoms with Crippen molar-refractivity contribution in [2.45, 2.75) is 6.92 Å². The lowest BCUT2D eigenvalue weighted by Gasteiger charge is -2.13. The van der Waals surface area contributed by atoms with Crippen molar-refractivity contribution in [1.82, 2.24) is 0 Å². The van der Waals surface area contributed by atoms with Gasteiger partial charge >= 0.3 is 5.97 Å². The maximum Gasteiger partial charge on any atom is 0.331 e. The van der Waals surface area contributed by atoms with Crippen LogP contribution in [-0.2, 0) is 14.3 Å². The van der Waals surface area contributed by atoms with Gasteiger partial charge in [-0.25, -0.2) is 4.79 Å². The molecule has 0 radical (unpaired) electrons. The lowest BCUT2D eigenvalue weighted by Crippen LogP contribution is -2.20. The third-order valence-corrected chi connectivity index (χ3v) is 4.61. The van der Waals surface area contributed by atoms with Crippen molar-refractivity contribution in [1.29, 1.82) is 0 Å². The third kappa shape index (κ3) is 6.29. The number of halogens is 1. The molecule has 0 aliphatic rings. The molecule has 0 aromatic heterocycles. The zero-order valence-electron chi connectivity index (χ0n) is 17.9. The normalized spacial score (nSPS) is 10.5. The number of carbonyl (C=O) groups excluding carboxylic acids is 2. The van der Waals surface area contributed by atoms with Gasteiger partial charge in [0.2, 0.25) is 5.75 Å². The Morgan fingerprint density at radius 1 is 0.935 bits per heavy atom. The first-order valence-corrected chi connectivity index (χ1v) is 9.49. The number of amides is 1. The number of rotatable bonds is 9. The highest BCUT2D eigenvalue weighted by atomic mass is 35.5. The summed E-state index contributed by atoms with van der Waals surface area (Å²) in [4.78, 5) is 24.2. The van der Waals surface area contributed by atoms with Gasteiger partial charge in [-0.1, -0.05) is 11.6 Å². The van der Waals surface area contributed by atoms with Crippen LogP contribution in [0, 0.1) is 6.92 Å². The van der Waals surface area contributed by atoms with E-state index in [2.05, 4.69) is 5.32 Å². The summed E-state index contributed by atoms with van der Waals surface area (Å²) < 4.78 is 26.0. The van der Waals surface area contributed by atoms with Crippen LogP contribution in [0.3, 0.4) is 0 Å². The summed E-state index contributed by atoms with van der Waals surface area (Å²) in [6.45, 7) is 1.33. The predicted octanol–water partition coefficient (Wildman–Crippen LogP) is 3.88. The highest BCUT2D eigenvalue weighted by Crippen LogP contribution is 2.38. The van der Waals surface area contributed by atoms with Crippen LogP contribution in [0.25, 0.3) is 6.08 Å². The van der Waals surface area contributed by atoms with E-state index in [-0.39, 0.29) is 0 Å². The largest absolute Gasteiger partial charge is 0.495 e. The summed E-state index contributed by atoms with van der Waals surface area (Å²) >= 11 is 6.05. The molecule has 0 unspecified atom stereocenters. The molecule has 0 aliphatic carbocycles. The standard InChI is InChI=1S/C22H24ClNO7/c1-13-8-16(17(27-2)11-15(13)23)24-20(25)12-31-21(26)7-6-14-9-18(28-3)22(30-5)19(10-14)29-4/h6-11H,12H2,1-5H3,(H,24,25). The number of benzene rings is 2. The molecule has 2 aromatic rings. The van der Waals surface area contributed by atoms with Crippen molar-refractivity contribution in [3.05, 3.63) is 46.5 Å². The number of nitrogens with one attached hydrogen (secondary N) is 1. The smallest absolute Gasteiger partial charge is 0.331 e. The van der Waals surface area contributed by atoms with Gasteiger partial charge < -0.3 is 29.0 Å². The van der Waals surface area contributed by atoms with Gasteiger partial charge in [0.05, 0.1) is 34.1 Å². The van der Waals surface area contributed by atoms with Crippen molar-refractivity contribution in [2.24, 2.45) is 0 Å². The van der Waals surface area contributed by atoms with Crippen LogP contribution in [0.15, 0.2) is 30.3 Å². The monoisotopic (exact) mass is 449 g/mol. The Morgan fingerprint density at radius 3 is 2.10 bits per heavy atom. The maximum absolute atomic E-state index is 12.1. The van der Waals surface area contributed by atoms with E-state index in [1.807, 2.05) is 0 Å². The zero-order chi connectivity index (χ0) is 23.0. The quantitative estimate of drug-likeness (QED) is 0.458. The minimum atomic E-state index is -0.692. The second-order valence-electron chi connectivity index (χ2n) is 6.25. The second-order valence-corrected chi connectivity index (χ2v) is 6.66. The summed E-state index contributed by atoms with van der Waals surface area (Å²) in [5.41, 5.74) is 1.82. The SMILES string of the molecule is COc1cc(Cl)c(C)cc1NC(=O)COC(=O)C=Cc1cc(OC)c(OC)c(OC)c1. The van der Waals surface area contributed by atoms with Crippen LogP contribution < -0.4 is 24.3 Å². The van der Waals surface area contributed by atoms with Gasteiger partial charge in [0, 0.05) is 17.2 Å². The van der Waals surface area contributed by atoms with Crippen molar-refractivity contribution in [3.8, 4) is 23.0 Å². The molecule has 2 rings (SSSR count). The van der Waals surface area contributed by atoms with E-state index in [0.717, 1.165) is 5.56 Å². The molecule has 1 N–H and O–H groups in total. The number of methoxy groups -OCH3 is 4. The summed E-state index contributed by atoms with van der Waals surface area (Å²) in [6, 6.07) is 6.61. The highest BCUT2D eigenvalue weighted by molar-refractivity contribution is 6.31. The molecule has 0 atom stereocenters. The van der Waals surface area contributed by atoms with Gasteiger partial charge in [-0.2, -0.15) is 0 Å². The molecule has 8 nitrogen and oxygen atoms in total. The van der Waals surface area contributed by atoms with Crippen LogP contribution in [0.1, 0.15) is 11.1 Å². The Morgan fingerprint density at radius 2 is 1.55 bits per heavy atom. The zero-order valence-corrected chi connectivity index (χ0v) is 18.7. The molecule has 0 spiro atoms. The average molecular weight is 450 g/mol. The summed E-state index contributed by atoms with van der Waals surface area (Å²) in [6.07, 6.45) is 2.71. The van der Waals surface area contributed by atoms with Crippen molar-refractivity contribution in [3.63, 3.8) is 0 Å². The van der Waals surface area contributed by atoms with Gasteiger partial charge in [-0.3, -0.25) is 4.79 Å². The van der Waals surface area contributed by atoms with Crippen LogP contribution in [-0.4, -0.2) is 46.9 Å². The minimum absolute atomic E-state index is 0.401. The molecule has 0 saturated carbocycles. The number of carbonyl (C=O) groups is 2. The van der Waals surface area contributed by atoms with E-state index in [9.17, 15) is 9.59 Å². The number of hydrogen-bond donors (Lipinski definition) is 1. The first-order chi connectivity index (χ1) is 14.8. The van der Waals surface area contributed by atoms with E-state index in [4.69, 9.17) is 35.3 Å². The van der Waals surface area contributed by atoms with E-state index in [1.165, 1.54) is 40.6 Å². The lowest BCUT2D eigenvalue weighted by atomic mass is 10.1. The Labute approximate surface area is 185 Å². The minimum Gasteiger partial charge on any atom is -0.495 e. The number of hydrogen-bond acceptors (Lipinski definition) is 7. The highest BCUT2D eigenvalue weighted by Gasteiger charge is 2.13. The van der Waals surface area contributed by atoms with Crippen LogP contribution in [0.5, 0.6) is 23.0 Å². The molecule has 1 amide bonds. The molecule has 166 valence electrons. The second kappa shape index (κ2) is 11.1. The molecule has 31 heavy (non-hydrogen) atoms. The fourth-order valence-corrected chi connectivity index (χ4v) is 2.82. The third-order valence-electron chi connectivity index (χ3n) is 4.20. The number of ether oxygens (including phenoxy) is 5. The first-order valence-electron chi connectivity index (χ1n) is 9.11. The average Bonchev–Trinajstić information content (AvgIpc) is 2.77.